The zero-order valence-electron chi connectivity index (χ0n) is 10.6. The monoisotopic (exact) mass is 216 g/mol. The van der Waals surface area contributed by atoms with Gasteiger partial charge in [0.25, 0.3) is 0 Å². The van der Waals surface area contributed by atoms with Crippen LogP contribution in [0.1, 0.15) is 13.8 Å². The highest BCUT2D eigenvalue weighted by Gasteiger charge is 2.11. The number of amides is 1. The van der Waals surface area contributed by atoms with Gasteiger partial charge in [0.15, 0.2) is 0 Å². The molecule has 0 fully saturated rings. The molecule has 0 aliphatic rings. The van der Waals surface area contributed by atoms with Crippen molar-refractivity contribution in [1.82, 2.24) is 9.80 Å². The SMILES string of the molecule is CC(C)C(=O)N(C)CCOCCN(C)C. The van der Waals surface area contributed by atoms with Gasteiger partial charge < -0.3 is 14.5 Å². The van der Waals surface area contributed by atoms with Crippen LogP contribution in [0.4, 0.5) is 0 Å². The summed E-state index contributed by atoms with van der Waals surface area (Å²) in [5, 5.41) is 0. The van der Waals surface area contributed by atoms with Gasteiger partial charge >= 0.3 is 0 Å². The normalized spacial score (nSPS) is 11.1. The lowest BCUT2D eigenvalue weighted by molar-refractivity contribution is -0.133. The molecule has 0 saturated carbocycles. The Morgan fingerprint density at radius 2 is 1.67 bits per heavy atom. The predicted molar refractivity (Wildman–Crippen MR) is 61.8 cm³/mol. The minimum atomic E-state index is 0.0665. The largest absolute Gasteiger partial charge is 0.378 e. The lowest BCUT2D eigenvalue weighted by Crippen LogP contribution is -2.33. The Kier molecular flexibility index (Phi) is 7.34. The summed E-state index contributed by atoms with van der Waals surface area (Å²) in [6.45, 7) is 6.74. The molecule has 0 unspecified atom stereocenters. The van der Waals surface area contributed by atoms with Crippen molar-refractivity contribution in [2.24, 2.45) is 5.92 Å². The molecule has 0 radical (unpaired) electrons. The minimum absolute atomic E-state index is 0.0665. The van der Waals surface area contributed by atoms with Gasteiger partial charge in [0.05, 0.1) is 13.2 Å². The zero-order valence-corrected chi connectivity index (χ0v) is 10.6. The first kappa shape index (κ1) is 14.4. The highest BCUT2D eigenvalue weighted by Crippen LogP contribution is 1.98. The summed E-state index contributed by atoms with van der Waals surface area (Å²) >= 11 is 0. The quantitative estimate of drug-likeness (QED) is 0.587. The van der Waals surface area contributed by atoms with Crippen molar-refractivity contribution in [2.75, 3.05) is 47.4 Å². The second-order valence-electron chi connectivity index (χ2n) is 4.33. The molecule has 0 aliphatic heterocycles. The van der Waals surface area contributed by atoms with Gasteiger partial charge in [-0.05, 0) is 14.1 Å². The van der Waals surface area contributed by atoms with Gasteiger partial charge in [0, 0.05) is 26.1 Å². The van der Waals surface area contributed by atoms with E-state index in [2.05, 4.69) is 4.90 Å². The molecule has 90 valence electrons. The van der Waals surface area contributed by atoms with Crippen LogP contribution in [0, 0.1) is 5.92 Å². The summed E-state index contributed by atoms with van der Waals surface area (Å²) in [6.07, 6.45) is 0. The van der Waals surface area contributed by atoms with E-state index in [4.69, 9.17) is 4.74 Å². The van der Waals surface area contributed by atoms with Crippen LogP contribution in [0.25, 0.3) is 0 Å². The molecule has 0 aliphatic carbocycles. The van der Waals surface area contributed by atoms with Crippen molar-refractivity contribution in [1.29, 1.82) is 0 Å². The van der Waals surface area contributed by atoms with Crippen LogP contribution < -0.4 is 0 Å². The molecule has 0 N–H and O–H groups in total. The molecule has 0 spiro atoms. The van der Waals surface area contributed by atoms with Crippen LogP contribution in [-0.4, -0.2) is 63.2 Å². The van der Waals surface area contributed by atoms with E-state index in [9.17, 15) is 4.79 Å². The third-order valence-corrected chi connectivity index (χ3v) is 2.12. The standard InChI is InChI=1S/C11H24N2O2/c1-10(2)11(14)13(5)7-9-15-8-6-12(3)4/h10H,6-9H2,1-5H3. The average Bonchev–Trinajstić information content (AvgIpc) is 2.15. The van der Waals surface area contributed by atoms with Crippen LogP contribution in [0.3, 0.4) is 0 Å². The number of rotatable bonds is 7. The van der Waals surface area contributed by atoms with E-state index in [1.807, 2.05) is 35.0 Å². The average molecular weight is 216 g/mol. The van der Waals surface area contributed by atoms with E-state index in [1.165, 1.54) is 0 Å². The van der Waals surface area contributed by atoms with E-state index < -0.39 is 0 Å². The van der Waals surface area contributed by atoms with Crippen molar-refractivity contribution in [2.45, 2.75) is 13.8 Å². The van der Waals surface area contributed by atoms with Crippen LogP contribution in [0.5, 0.6) is 0 Å². The molecular weight excluding hydrogens is 192 g/mol. The Bertz CT molecular complexity index is 181. The van der Waals surface area contributed by atoms with Crippen molar-refractivity contribution in [3.63, 3.8) is 0 Å². The Balaban J connectivity index is 3.47. The summed E-state index contributed by atoms with van der Waals surface area (Å²) in [5.41, 5.74) is 0. The number of carbonyl (C=O) groups excluding carboxylic acids is 1. The number of hydrogen-bond acceptors (Lipinski definition) is 3. The van der Waals surface area contributed by atoms with E-state index in [1.54, 1.807) is 4.90 Å². The van der Waals surface area contributed by atoms with Crippen molar-refractivity contribution in [3.05, 3.63) is 0 Å². The number of likely N-dealkylation sites (N-methyl/N-ethyl adjacent to an activating group) is 2. The van der Waals surface area contributed by atoms with Gasteiger partial charge in [-0.2, -0.15) is 0 Å². The zero-order chi connectivity index (χ0) is 11.8. The molecule has 0 atom stereocenters. The molecular formula is C11H24N2O2. The first-order valence-corrected chi connectivity index (χ1v) is 5.42. The Morgan fingerprint density at radius 1 is 1.13 bits per heavy atom. The number of carbonyl (C=O) groups is 1. The highest BCUT2D eigenvalue weighted by atomic mass is 16.5. The second-order valence-corrected chi connectivity index (χ2v) is 4.33. The van der Waals surface area contributed by atoms with Gasteiger partial charge in [-0.3, -0.25) is 4.79 Å². The van der Waals surface area contributed by atoms with E-state index >= 15 is 0 Å². The molecule has 1 amide bonds. The highest BCUT2D eigenvalue weighted by molar-refractivity contribution is 5.77. The van der Waals surface area contributed by atoms with Crippen molar-refractivity contribution >= 4 is 5.91 Å². The molecule has 4 nitrogen and oxygen atoms in total. The van der Waals surface area contributed by atoms with Crippen LogP contribution in [0.15, 0.2) is 0 Å². The molecule has 0 heterocycles. The fourth-order valence-electron chi connectivity index (χ4n) is 1.10. The van der Waals surface area contributed by atoms with Gasteiger partial charge in [0.1, 0.15) is 0 Å². The summed E-state index contributed by atoms with van der Waals surface area (Å²) in [7, 11) is 5.84. The predicted octanol–water partition coefficient (Wildman–Crippen LogP) is 0.679. The van der Waals surface area contributed by atoms with Crippen LogP contribution in [0.2, 0.25) is 0 Å². The Morgan fingerprint density at radius 3 is 2.13 bits per heavy atom. The fourth-order valence-corrected chi connectivity index (χ4v) is 1.10. The molecule has 0 rings (SSSR count). The summed E-state index contributed by atoms with van der Waals surface area (Å²) in [4.78, 5) is 15.3. The lowest BCUT2D eigenvalue weighted by Gasteiger charge is -2.19. The molecule has 4 heteroatoms. The molecule has 0 saturated heterocycles. The molecule has 0 aromatic carbocycles. The summed E-state index contributed by atoms with van der Waals surface area (Å²) in [6, 6.07) is 0. The first-order chi connectivity index (χ1) is 6.95. The van der Waals surface area contributed by atoms with Gasteiger partial charge in [-0.15, -0.1) is 0 Å². The Hall–Kier alpha value is -0.610. The fraction of sp³-hybridized carbons (Fsp3) is 0.909. The third-order valence-electron chi connectivity index (χ3n) is 2.12. The number of nitrogens with zero attached hydrogens (tertiary/aromatic N) is 2. The number of ether oxygens (including phenoxy) is 1. The molecule has 15 heavy (non-hydrogen) atoms. The third kappa shape index (κ3) is 7.33. The van der Waals surface area contributed by atoms with E-state index in [-0.39, 0.29) is 11.8 Å². The van der Waals surface area contributed by atoms with Gasteiger partial charge in [-0.25, -0.2) is 0 Å². The number of hydrogen-bond donors (Lipinski definition) is 0. The van der Waals surface area contributed by atoms with Gasteiger partial charge in [0.2, 0.25) is 5.91 Å². The van der Waals surface area contributed by atoms with Crippen molar-refractivity contribution in [3.8, 4) is 0 Å². The minimum Gasteiger partial charge on any atom is -0.378 e. The summed E-state index contributed by atoms with van der Waals surface area (Å²) in [5.74, 6) is 0.239. The molecule has 0 aromatic rings. The second kappa shape index (κ2) is 7.65. The van der Waals surface area contributed by atoms with Crippen LogP contribution >= 0.6 is 0 Å². The van der Waals surface area contributed by atoms with E-state index in [0.29, 0.717) is 13.2 Å². The molecule has 0 bridgehead atoms. The maximum absolute atomic E-state index is 11.5. The molecule has 0 aromatic heterocycles. The summed E-state index contributed by atoms with van der Waals surface area (Å²) < 4.78 is 5.41. The maximum atomic E-state index is 11.5. The smallest absolute Gasteiger partial charge is 0.224 e. The first-order valence-electron chi connectivity index (χ1n) is 5.42. The van der Waals surface area contributed by atoms with Gasteiger partial charge in [-0.1, -0.05) is 13.8 Å². The lowest BCUT2D eigenvalue weighted by atomic mass is 10.2. The van der Waals surface area contributed by atoms with Crippen molar-refractivity contribution < 1.29 is 9.53 Å². The topological polar surface area (TPSA) is 32.8 Å². The maximum Gasteiger partial charge on any atom is 0.224 e. The van der Waals surface area contributed by atoms with Crippen LogP contribution in [-0.2, 0) is 9.53 Å². The Labute approximate surface area is 93.2 Å². The van der Waals surface area contributed by atoms with E-state index in [0.717, 1.165) is 13.2 Å².